The standard InChI is InChI=1S/C21H22Cl2N2O5S/c1-21(2,3)30-20(28)24-15-10-31-17-12(19(27)29-4)9-25(18(26)16(15)17)8-11-5-6-13(22)14(23)7-11/h5-7,9,15H,8,10H2,1-4H3,(H,24,28)/t15-/m0/s1. The maximum atomic E-state index is 13.3. The van der Waals surface area contributed by atoms with Crippen molar-refractivity contribution in [1.82, 2.24) is 9.88 Å². The second kappa shape index (κ2) is 9.14. The Labute approximate surface area is 194 Å². The van der Waals surface area contributed by atoms with E-state index in [0.717, 1.165) is 5.56 Å². The molecule has 0 bridgehead atoms. The summed E-state index contributed by atoms with van der Waals surface area (Å²) < 4.78 is 11.6. The summed E-state index contributed by atoms with van der Waals surface area (Å²) in [6.45, 7) is 5.42. The molecule has 3 rings (SSSR count). The van der Waals surface area contributed by atoms with Crippen LogP contribution < -0.4 is 10.9 Å². The molecule has 1 aliphatic rings. The van der Waals surface area contributed by atoms with Crippen molar-refractivity contribution in [3.8, 4) is 0 Å². The molecule has 1 aliphatic heterocycles. The molecule has 0 fully saturated rings. The molecule has 1 atom stereocenters. The first-order valence-corrected chi connectivity index (χ1v) is 11.2. The molecule has 7 nitrogen and oxygen atoms in total. The van der Waals surface area contributed by atoms with Crippen molar-refractivity contribution in [2.45, 2.75) is 43.9 Å². The van der Waals surface area contributed by atoms with Gasteiger partial charge in [0.1, 0.15) is 5.60 Å². The largest absolute Gasteiger partial charge is 0.465 e. The van der Waals surface area contributed by atoms with Gasteiger partial charge in [-0.2, -0.15) is 0 Å². The van der Waals surface area contributed by atoms with E-state index in [4.69, 9.17) is 32.7 Å². The molecular weight excluding hydrogens is 463 g/mol. The number of amides is 1. The minimum atomic E-state index is -0.680. The zero-order valence-corrected chi connectivity index (χ0v) is 19.8. The number of aromatic nitrogens is 1. The van der Waals surface area contributed by atoms with Crippen molar-refractivity contribution in [2.75, 3.05) is 12.9 Å². The van der Waals surface area contributed by atoms with Gasteiger partial charge in [0.25, 0.3) is 5.56 Å². The third-order valence-electron chi connectivity index (χ3n) is 4.44. The highest BCUT2D eigenvalue weighted by atomic mass is 35.5. The predicted octanol–water partition coefficient (Wildman–Crippen LogP) is 4.66. The van der Waals surface area contributed by atoms with Gasteiger partial charge in [0.05, 0.1) is 40.9 Å². The van der Waals surface area contributed by atoms with Crippen LogP contribution in [0.25, 0.3) is 0 Å². The van der Waals surface area contributed by atoms with Crippen molar-refractivity contribution in [2.24, 2.45) is 0 Å². The van der Waals surface area contributed by atoms with Gasteiger partial charge >= 0.3 is 12.1 Å². The van der Waals surface area contributed by atoms with Crippen molar-refractivity contribution in [3.63, 3.8) is 0 Å². The Balaban J connectivity index is 2.02. The number of halogens is 2. The number of methoxy groups -OCH3 is 1. The number of hydrogen-bond acceptors (Lipinski definition) is 6. The highest BCUT2D eigenvalue weighted by molar-refractivity contribution is 7.99. The Kier molecular flexibility index (Phi) is 6.93. The fourth-order valence-corrected chi connectivity index (χ4v) is 4.73. The summed E-state index contributed by atoms with van der Waals surface area (Å²) in [6, 6.07) is 4.44. The summed E-state index contributed by atoms with van der Waals surface area (Å²) in [5.74, 6) is -0.172. The van der Waals surface area contributed by atoms with E-state index in [2.05, 4.69) is 5.32 Å². The molecule has 0 radical (unpaired) electrons. The molecule has 1 N–H and O–H groups in total. The fourth-order valence-electron chi connectivity index (χ4n) is 3.15. The molecule has 1 aromatic heterocycles. The van der Waals surface area contributed by atoms with Gasteiger partial charge in [0.2, 0.25) is 0 Å². The maximum absolute atomic E-state index is 13.3. The average Bonchev–Trinajstić information content (AvgIpc) is 3.08. The maximum Gasteiger partial charge on any atom is 0.408 e. The topological polar surface area (TPSA) is 86.6 Å². The van der Waals surface area contributed by atoms with E-state index >= 15 is 0 Å². The van der Waals surface area contributed by atoms with Gasteiger partial charge in [0.15, 0.2) is 0 Å². The SMILES string of the molecule is COC(=O)c1cn(Cc2ccc(Cl)c(Cl)c2)c(=O)c2c1SC[C@@H]2NC(=O)OC(C)(C)C. The lowest BCUT2D eigenvalue weighted by molar-refractivity contribution is 0.0508. The molecule has 2 aromatic rings. The average molecular weight is 485 g/mol. The number of pyridine rings is 1. The van der Waals surface area contributed by atoms with E-state index in [1.807, 2.05) is 0 Å². The Morgan fingerprint density at radius 1 is 1.26 bits per heavy atom. The summed E-state index contributed by atoms with van der Waals surface area (Å²) in [6.07, 6.45) is 0.836. The lowest BCUT2D eigenvalue weighted by atomic mass is 10.1. The van der Waals surface area contributed by atoms with E-state index in [0.29, 0.717) is 26.3 Å². The van der Waals surface area contributed by atoms with E-state index in [1.165, 1.54) is 29.6 Å². The third kappa shape index (κ3) is 5.37. The number of rotatable bonds is 4. The van der Waals surface area contributed by atoms with Gasteiger partial charge in [-0.15, -0.1) is 11.8 Å². The first kappa shape index (κ1) is 23.5. The second-order valence-corrected chi connectivity index (χ2v) is 9.81. The van der Waals surface area contributed by atoms with E-state index < -0.39 is 23.7 Å². The normalized spacial score (nSPS) is 15.4. The number of thioether (sulfide) groups is 1. The van der Waals surface area contributed by atoms with Crippen LogP contribution in [-0.4, -0.2) is 35.1 Å². The molecular formula is C21H22Cl2N2O5S. The van der Waals surface area contributed by atoms with E-state index in [1.54, 1.807) is 39.0 Å². The highest BCUT2D eigenvalue weighted by Crippen LogP contribution is 2.39. The van der Waals surface area contributed by atoms with Crippen molar-refractivity contribution >= 4 is 47.0 Å². The molecule has 10 heteroatoms. The number of nitrogens with zero attached hydrogens (tertiary/aromatic N) is 1. The molecule has 166 valence electrons. The molecule has 0 spiro atoms. The van der Waals surface area contributed by atoms with Crippen LogP contribution >= 0.6 is 35.0 Å². The first-order chi connectivity index (χ1) is 14.5. The highest BCUT2D eigenvalue weighted by Gasteiger charge is 2.34. The minimum Gasteiger partial charge on any atom is -0.465 e. The van der Waals surface area contributed by atoms with Crippen LogP contribution in [0.4, 0.5) is 4.79 Å². The van der Waals surface area contributed by atoms with Crippen LogP contribution in [0.15, 0.2) is 34.1 Å². The van der Waals surface area contributed by atoms with Crippen molar-refractivity contribution < 1.29 is 19.1 Å². The summed E-state index contributed by atoms with van der Waals surface area (Å²) in [5.41, 5.74) is 0.324. The van der Waals surface area contributed by atoms with Gasteiger partial charge in [0, 0.05) is 16.8 Å². The van der Waals surface area contributed by atoms with E-state index in [9.17, 15) is 14.4 Å². The van der Waals surface area contributed by atoms with Gasteiger partial charge in [-0.3, -0.25) is 4.79 Å². The Morgan fingerprint density at radius 3 is 2.58 bits per heavy atom. The van der Waals surface area contributed by atoms with Crippen LogP contribution in [-0.2, 0) is 16.0 Å². The van der Waals surface area contributed by atoms with Crippen molar-refractivity contribution in [3.05, 3.63) is 61.5 Å². The number of benzene rings is 1. The smallest absolute Gasteiger partial charge is 0.408 e. The molecule has 0 unspecified atom stereocenters. The number of carbonyl (C=O) groups excluding carboxylic acids is 2. The Hall–Kier alpha value is -2.16. The third-order valence-corrected chi connectivity index (χ3v) is 6.41. The van der Waals surface area contributed by atoms with Crippen LogP contribution in [0.2, 0.25) is 10.0 Å². The molecule has 1 amide bonds. The summed E-state index contributed by atoms with van der Waals surface area (Å²) in [7, 11) is 1.28. The van der Waals surface area contributed by atoms with Gasteiger partial charge in [-0.1, -0.05) is 29.3 Å². The second-order valence-electron chi connectivity index (χ2n) is 7.97. The monoisotopic (exact) mass is 484 g/mol. The molecule has 2 heterocycles. The number of ether oxygens (including phenoxy) is 2. The zero-order valence-electron chi connectivity index (χ0n) is 17.5. The first-order valence-electron chi connectivity index (χ1n) is 9.42. The Bertz CT molecular complexity index is 1090. The number of carbonyl (C=O) groups is 2. The Morgan fingerprint density at radius 2 is 1.97 bits per heavy atom. The number of hydrogen-bond donors (Lipinski definition) is 1. The lowest BCUT2D eigenvalue weighted by Crippen LogP contribution is -2.38. The van der Waals surface area contributed by atoms with Gasteiger partial charge < -0.3 is 19.4 Å². The predicted molar refractivity (Wildman–Crippen MR) is 120 cm³/mol. The van der Waals surface area contributed by atoms with Gasteiger partial charge in [-0.05, 0) is 38.5 Å². The molecule has 0 aliphatic carbocycles. The number of nitrogens with one attached hydrogen (secondary N) is 1. The van der Waals surface area contributed by atoms with Crippen LogP contribution in [0, 0.1) is 0 Å². The summed E-state index contributed by atoms with van der Waals surface area (Å²) in [5, 5.41) is 3.50. The minimum absolute atomic E-state index is 0.164. The van der Waals surface area contributed by atoms with Crippen LogP contribution in [0.5, 0.6) is 0 Å². The molecule has 1 aromatic carbocycles. The zero-order chi connectivity index (χ0) is 22.9. The van der Waals surface area contributed by atoms with Crippen LogP contribution in [0.1, 0.15) is 48.3 Å². The number of esters is 1. The lowest BCUT2D eigenvalue weighted by Gasteiger charge is -2.22. The number of alkyl carbamates (subject to hydrolysis) is 1. The van der Waals surface area contributed by atoms with E-state index in [-0.39, 0.29) is 17.7 Å². The molecule has 0 saturated carbocycles. The number of fused-ring (bicyclic) bond motifs is 1. The molecule has 0 saturated heterocycles. The summed E-state index contributed by atoms with van der Waals surface area (Å²) in [4.78, 5) is 38.5. The van der Waals surface area contributed by atoms with Gasteiger partial charge in [-0.25, -0.2) is 9.59 Å². The fraction of sp³-hybridized carbons (Fsp3) is 0.381. The summed E-state index contributed by atoms with van der Waals surface area (Å²) >= 11 is 13.4. The van der Waals surface area contributed by atoms with Crippen molar-refractivity contribution in [1.29, 1.82) is 0 Å². The quantitative estimate of drug-likeness (QED) is 0.634. The van der Waals surface area contributed by atoms with Crippen LogP contribution in [0.3, 0.4) is 0 Å². The molecule has 31 heavy (non-hydrogen) atoms.